The standard InChI is InChI=1S/C15H30N2/c1-2-10-17(11-14-6-7-14)13-15(12-16)8-4-3-5-9-15/h14H,2-13,16H2,1H3. The fourth-order valence-electron chi connectivity index (χ4n) is 3.42. The molecule has 0 unspecified atom stereocenters. The molecule has 2 nitrogen and oxygen atoms in total. The topological polar surface area (TPSA) is 29.3 Å². The van der Waals surface area contributed by atoms with Gasteiger partial charge in [-0.1, -0.05) is 26.2 Å². The molecule has 2 N–H and O–H groups in total. The monoisotopic (exact) mass is 238 g/mol. The molecule has 2 rings (SSSR count). The van der Waals surface area contributed by atoms with E-state index in [0.717, 1.165) is 12.5 Å². The van der Waals surface area contributed by atoms with Gasteiger partial charge in [-0.05, 0) is 56.5 Å². The van der Waals surface area contributed by atoms with Gasteiger partial charge in [-0.2, -0.15) is 0 Å². The Morgan fingerprint density at radius 2 is 1.88 bits per heavy atom. The molecule has 0 bridgehead atoms. The first-order valence-electron chi connectivity index (χ1n) is 7.70. The normalized spacial score (nSPS) is 24.2. The zero-order chi connectivity index (χ0) is 12.1. The Kier molecular flexibility index (Phi) is 4.87. The average Bonchev–Trinajstić information content (AvgIpc) is 3.14. The summed E-state index contributed by atoms with van der Waals surface area (Å²) in [6, 6.07) is 0. The minimum Gasteiger partial charge on any atom is -0.330 e. The number of rotatable bonds is 7. The van der Waals surface area contributed by atoms with Crippen LogP contribution in [-0.2, 0) is 0 Å². The van der Waals surface area contributed by atoms with E-state index in [-0.39, 0.29) is 0 Å². The van der Waals surface area contributed by atoms with Crippen molar-refractivity contribution in [2.24, 2.45) is 17.1 Å². The maximum absolute atomic E-state index is 6.10. The predicted molar refractivity (Wildman–Crippen MR) is 74.0 cm³/mol. The molecule has 0 spiro atoms. The molecule has 2 aliphatic rings. The summed E-state index contributed by atoms with van der Waals surface area (Å²) >= 11 is 0. The molecule has 0 aromatic rings. The average molecular weight is 238 g/mol. The van der Waals surface area contributed by atoms with Gasteiger partial charge in [0.1, 0.15) is 0 Å². The molecule has 0 radical (unpaired) electrons. The summed E-state index contributed by atoms with van der Waals surface area (Å²) < 4.78 is 0. The van der Waals surface area contributed by atoms with Crippen LogP contribution in [0.15, 0.2) is 0 Å². The van der Waals surface area contributed by atoms with Gasteiger partial charge in [0.2, 0.25) is 0 Å². The SMILES string of the molecule is CCCN(CC1CC1)CC1(CN)CCCCC1. The Hall–Kier alpha value is -0.0800. The fourth-order valence-corrected chi connectivity index (χ4v) is 3.42. The number of hydrogen-bond donors (Lipinski definition) is 1. The second kappa shape index (κ2) is 6.19. The van der Waals surface area contributed by atoms with Crippen LogP contribution in [0.2, 0.25) is 0 Å². The van der Waals surface area contributed by atoms with Crippen molar-refractivity contribution >= 4 is 0 Å². The molecule has 0 atom stereocenters. The van der Waals surface area contributed by atoms with Gasteiger partial charge in [-0.25, -0.2) is 0 Å². The summed E-state index contributed by atoms with van der Waals surface area (Å²) in [4.78, 5) is 2.72. The molecule has 0 saturated heterocycles. The van der Waals surface area contributed by atoms with E-state index in [2.05, 4.69) is 11.8 Å². The van der Waals surface area contributed by atoms with Crippen LogP contribution in [0.3, 0.4) is 0 Å². The predicted octanol–water partition coefficient (Wildman–Crippen LogP) is 3.02. The quantitative estimate of drug-likeness (QED) is 0.739. The molecular formula is C15H30N2. The van der Waals surface area contributed by atoms with E-state index < -0.39 is 0 Å². The van der Waals surface area contributed by atoms with Crippen molar-refractivity contribution in [1.29, 1.82) is 0 Å². The molecular weight excluding hydrogens is 208 g/mol. The van der Waals surface area contributed by atoms with Gasteiger partial charge in [-0.15, -0.1) is 0 Å². The van der Waals surface area contributed by atoms with E-state index in [0.29, 0.717) is 5.41 Å². The summed E-state index contributed by atoms with van der Waals surface area (Å²) in [5, 5.41) is 0. The van der Waals surface area contributed by atoms with E-state index >= 15 is 0 Å². The zero-order valence-electron chi connectivity index (χ0n) is 11.6. The molecule has 0 aromatic heterocycles. The molecule has 17 heavy (non-hydrogen) atoms. The lowest BCUT2D eigenvalue weighted by atomic mass is 9.73. The third-order valence-corrected chi connectivity index (χ3v) is 4.66. The third kappa shape index (κ3) is 3.96. The van der Waals surface area contributed by atoms with Gasteiger partial charge in [0.05, 0.1) is 0 Å². The zero-order valence-corrected chi connectivity index (χ0v) is 11.6. The molecule has 2 saturated carbocycles. The molecule has 2 aliphatic carbocycles. The van der Waals surface area contributed by atoms with Crippen LogP contribution in [0.25, 0.3) is 0 Å². The lowest BCUT2D eigenvalue weighted by molar-refractivity contribution is 0.108. The second-order valence-electron chi connectivity index (χ2n) is 6.44. The van der Waals surface area contributed by atoms with Crippen molar-refractivity contribution in [3.63, 3.8) is 0 Å². The first kappa shape index (κ1) is 13.4. The van der Waals surface area contributed by atoms with E-state index in [9.17, 15) is 0 Å². The first-order valence-corrected chi connectivity index (χ1v) is 7.70. The van der Waals surface area contributed by atoms with Crippen LogP contribution in [0, 0.1) is 11.3 Å². The minimum absolute atomic E-state index is 0.461. The van der Waals surface area contributed by atoms with Crippen molar-refractivity contribution in [2.45, 2.75) is 58.3 Å². The fraction of sp³-hybridized carbons (Fsp3) is 1.00. The van der Waals surface area contributed by atoms with Crippen LogP contribution in [0.1, 0.15) is 58.3 Å². The Morgan fingerprint density at radius 3 is 2.41 bits per heavy atom. The Morgan fingerprint density at radius 1 is 1.18 bits per heavy atom. The van der Waals surface area contributed by atoms with Crippen LogP contribution in [-0.4, -0.2) is 31.1 Å². The first-order chi connectivity index (χ1) is 8.28. The van der Waals surface area contributed by atoms with E-state index in [1.807, 2.05) is 0 Å². The largest absolute Gasteiger partial charge is 0.330 e. The highest BCUT2D eigenvalue weighted by molar-refractivity contribution is 4.88. The Bertz CT molecular complexity index is 217. The second-order valence-corrected chi connectivity index (χ2v) is 6.44. The highest BCUT2D eigenvalue weighted by atomic mass is 15.1. The number of nitrogens with zero attached hydrogens (tertiary/aromatic N) is 1. The third-order valence-electron chi connectivity index (χ3n) is 4.66. The maximum atomic E-state index is 6.10. The summed E-state index contributed by atoms with van der Waals surface area (Å²) in [6.07, 6.45) is 11.2. The Balaban J connectivity index is 1.87. The van der Waals surface area contributed by atoms with Crippen molar-refractivity contribution in [1.82, 2.24) is 4.90 Å². The van der Waals surface area contributed by atoms with E-state index in [4.69, 9.17) is 5.73 Å². The van der Waals surface area contributed by atoms with Crippen LogP contribution in [0.5, 0.6) is 0 Å². The van der Waals surface area contributed by atoms with Crippen molar-refractivity contribution in [3.05, 3.63) is 0 Å². The van der Waals surface area contributed by atoms with Gasteiger partial charge in [0.15, 0.2) is 0 Å². The summed E-state index contributed by atoms with van der Waals surface area (Å²) in [5.74, 6) is 1.01. The molecule has 100 valence electrons. The molecule has 2 heteroatoms. The number of hydrogen-bond acceptors (Lipinski definition) is 2. The lowest BCUT2D eigenvalue weighted by Crippen LogP contribution is -2.44. The molecule has 0 amide bonds. The number of nitrogens with two attached hydrogens (primary N) is 1. The van der Waals surface area contributed by atoms with Crippen molar-refractivity contribution < 1.29 is 0 Å². The van der Waals surface area contributed by atoms with Crippen LogP contribution >= 0.6 is 0 Å². The molecule has 0 aromatic carbocycles. The lowest BCUT2D eigenvalue weighted by Gasteiger charge is -2.40. The summed E-state index contributed by atoms with van der Waals surface area (Å²) in [7, 11) is 0. The Labute approximate surface area is 107 Å². The highest BCUT2D eigenvalue weighted by Crippen LogP contribution is 2.37. The molecule has 0 aliphatic heterocycles. The smallest absolute Gasteiger partial charge is 0.00502 e. The van der Waals surface area contributed by atoms with E-state index in [1.54, 1.807) is 0 Å². The van der Waals surface area contributed by atoms with Crippen molar-refractivity contribution in [2.75, 3.05) is 26.2 Å². The highest BCUT2D eigenvalue weighted by Gasteiger charge is 2.34. The molecule has 0 heterocycles. The van der Waals surface area contributed by atoms with Crippen molar-refractivity contribution in [3.8, 4) is 0 Å². The minimum atomic E-state index is 0.461. The van der Waals surface area contributed by atoms with E-state index in [1.165, 1.54) is 71.0 Å². The summed E-state index contributed by atoms with van der Waals surface area (Å²) in [6.45, 7) is 7.09. The molecule has 2 fully saturated rings. The van der Waals surface area contributed by atoms with Gasteiger partial charge >= 0.3 is 0 Å². The maximum Gasteiger partial charge on any atom is 0.00502 e. The van der Waals surface area contributed by atoms with Crippen LogP contribution < -0.4 is 5.73 Å². The van der Waals surface area contributed by atoms with Gasteiger partial charge in [0, 0.05) is 13.1 Å². The van der Waals surface area contributed by atoms with Crippen LogP contribution in [0.4, 0.5) is 0 Å². The summed E-state index contributed by atoms with van der Waals surface area (Å²) in [5.41, 5.74) is 6.56. The van der Waals surface area contributed by atoms with Gasteiger partial charge in [-0.3, -0.25) is 0 Å². The van der Waals surface area contributed by atoms with Gasteiger partial charge < -0.3 is 10.6 Å². The van der Waals surface area contributed by atoms with Gasteiger partial charge in [0.25, 0.3) is 0 Å².